The summed E-state index contributed by atoms with van der Waals surface area (Å²) in [5.74, 6) is -0.722. The minimum Gasteiger partial charge on any atom is -0.350 e. The van der Waals surface area contributed by atoms with E-state index in [1.165, 1.54) is 17.0 Å². The van der Waals surface area contributed by atoms with Crippen LogP contribution in [0.25, 0.3) is 0 Å². The van der Waals surface area contributed by atoms with Gasteiger partial charge in [0.2, 0.25) is 11.8 Å². The molecule has 0 spiro atoms. The van der Waals surface area contributed by atoms with Crippen molar-refractivity contribution in [2.24, 2.45) is 11.7 Å². The van der Waals surface area contributed by atoms with Crippen molar-refractivity contribution in [3.05, 3.63) is 35.6 Å². The number of nitrogens with zero attached hydrogens (tertiary/aromatic N) is 1. The van der Waals surface area contributed by atoms with Crippen molar-refractivity contribution in [2.45, 2.75) is 39.8 Å². The zero-order chi connectivity index (χ0) is 17.4. The maximum absolute atomic E-state index is 12.8. The number of benzene rings is 1. The van der Waals surface area contributed by atoms with Crippen LogP contribution in [0.5, 0.6) is 0 Å². The highest BCUT2D eigenvalue weighted by atomic mass is 35.5. The number of nitrogens with one attached hydrogen (secondary N) is 1. The van der Waals surface area contributed by atoms with Gasteiger partial charge in [-0.15, -0.1) is 12.4 Å². The smallest absolute Gasteiger partial charge is 0.240 e. The molecule has 1 aromatic rings. The highest BCUT2D eigenvalue weighted by molar-refractivity contribution is 5.87. The Morgan fingerprint density at radius 2 is 1.83 bits per heavy atom. The van der Waals surface area contributed by atoms with Crippen LogP contribution < -0.4 is 11.1 Å². The largest absolute Gasteiger partial charge is 0.350 e. The Labute approximate surface area is 149 Å². The van der Waals surface area contributed by atoms with Gasteiger partial charge in [-0.1, -0.05) is 32.4 Å². The average molecular weight is 360 g/mol. The second-order valence-electron chi connectivity index (χ2n) is 5.67. The van der Waals surface area contributed by atoms with Gasteiger partial charge in [0.05, 0.1) is 12.6 Å². The van der Waals surface area contributed by atoms with Crippen LogP contribution in [0.4, 0.5) is 4.39 Å². The summed E-state index contributed by atoms with van der Waals surface area (Å²) in [6.07, 6.45) is 0.807. The average Bonchev–Trinajstić information content (AvgIpc) is 2.57. The van der Waals surface area contributed by atoms with Crippen LogP contribution in [0, 0.1) is 11.7 Å². The first-order chi connectivity index (χ1) is 10.9. The molecule has 0 fully saturated rings. The molecule has 2 unspecified atom stereocenters. The Bertz CT molecular complexity index is 525. The third-order valence-electron chi connectivity index (χ3n) is 3.97. The van der Waals surface area contributed by atoms with Crippen molar-refractivity contribution in [1.29, 1.82) is 0 Å². The molecule has 0 aromatic heterocycles. The third kappa shape index (κ3) is 6.84. The lowest BCUT2D eigenvalue weighted by atomic mass is 9.99. The van der Waals surface area contributed by atoms with Crippen molar-refractivity contribution in [3.8, 4) is 0 Å². The van der Waals surface area contributed by atoms with Crippen molar-refractivity contribution in [1.82, 2.24) is 10.2 Å². The molecule has 2 atom stereocenters. The molecule has 1 aromatic carbocycles. The van der Waals surface area contributed by atoms with Gasteiger partial charge in [0.25, 0.3) is 0 Å². The predicted molar refractivity (Wildman–Crippen MR) is 95.2 cm³/mol. The molecule has 0 aliphatic heterocycles. The Balaban J connectivity index is 0.00000529. The van der Waals surface area contributed by atoms with Gasteiger partial charge in [0, 0.05) is 13.1 Å². The number of carbonyl (C=O) groups is 2. The van der Waals surface area contributed by atoms with Crippen molar-refractivity contribution >= 4 is 24.2 Å². The summed E-state index contributed by atoms with van der Waals surface area (Å²) < 4.78 is 12.8. The van der Waals surface area contributed by atoms with Gasteiger partial charge in [-0.05, 0) is 30.5 Å². The summed E-state index contributed by atoms with van der Waals surface area (Å²) in [6.45, 7) is 6.40. The molecule has 0 aliphatic carbocycles. The number of amides is 2. The zero-order valence-electron chi connectivity index (χ0n) is 14.4. The normalized spacial score (nSPS) is 12.7. The topological polar surface area (TPSA) is 75.4 Å². The van der Waals surface area contributed by atoms with E-state index >= 15 is 0 Å². The van der Waals surface area contributed by atoms with Crippen LogP contribution in [0.3, 0.4) is 0 Å². The van der Waals surface area contributed by atoms with E-state index in [0.717, 1.165) is 12.0 Å². The van der Waals surface area contributed by atoms with Crippen LogP contribution in [0.1, 0.15) is 32.8 Å². The van der Waals surface area contributed by atoms with Gasteiger partial charge in [0.15, 0.2) is 0 Å². The summed E-state index contributed by atoms with van der Waals surface area (Å²) in [6, 6.07) is 5.31. The van der Waals surface area contributed by atoms with Crippen LogP contribution >= 0.6 is 12.4 Å². The molecule has 0 heterocycles. The number of halogens is 2. The fourth-order valence-corrected chi connectivity index (χ4v) is 2.09. The van der Waals surface area contributed by atoms with Crippen molar-refractivity contribution in [3.63, 3.8) is 0 Å². The first kappa shape index (κ1) is 22.3. The molecule has 0 radical (unpaired) electrons. The highest BCUT2D eigenvalue weighted by Crippen LogP contribution is 2.08. The van der Waals surface area contributed by atoms with Gasteiger partial charge < -0.3 is 16.0 Å². The van der Waals surface area contributed by atoms with Crippen LogP contribution in [-0.4, -0.2) is 35.8 Å². The standard InChI is InChI=1S/C17H26FN3O2.ClH/c1-4-12(3)16(19)17(23)21(5-2)11-15(22)20-10-13-6-8-14(18)9-7-13;/h6-9,12,16H,4-5,10-11,19H2,1-3H3,(H,20,22);1H. The molecular weight excluding hydrogens is 333 g/mol. The van der Waals surface area contributed by atoms with Gasteiger partial charge in [-0.3, -0.25) is 9.59 Å². The first-order valence-electron chi connectivity index (χ1n) is 7.94. The first-order valence-corrected chi connectivity index (χ1v) is 7.94. The molecular formula is C17H27ClFN3O2. The fraction of sp³-hybridized carbons (Fsp3) is 0.529. The van der Waals surface area contributed by atoms with E-state index < -0.39 is 6.04 Å². The van der Waals surface area contributed by atoms with Crippen LogP contribution in [0.2, 0.25) is 0 Å². The molecule has 24 heavy (non-hydrogen) atoms. The van der Waals surface area contributed by atoms with Crippen LogP contribution in [0.15, 0.2) is 24.3 Å². The van der Waals surface area contributed by atoms with E-state index in [4.69, 9.17) is 5.73 Å². The Morgan fingerprint density at radius 1 is 1.25 bits per heavy atom. The number of rotatable bonds is 8. The fourth-order valence-electron chi connectivity index (χ4n) is 2.09. The quantitative estimate of drug-likeness (QED) is 0.746. The maximum Gasteiger partial charge on any atom is 0.240 e. The van der Waals surface area contributed by atoms with Gasteiger partial charge >= 0.3 is 0 Å². The molecule has 1 rings (SSSR count). The van der Waals surface area contributed by atoms with Crippen molar-refractivity contribution in [2.75, 3.05) is 13.1 Å². The molecule has 136 valence electrons. The predicted octanol–water partition coefficient (Wildman–Crippen LogP) is 2.09. The van der Waals surface area contributed by atoms with Gasteiger partial charge in [0.1, 0.15) is 5.82 Å². The molecule has 0 saturated heterocycles. The minimum atomic E-state index is -0.593. The minimum absolute atomic E-state index is 0. The second-order valence-corrected chi connectivity index (χ2v) is 5.67. The lowest BCUT2D eigenvalue weighted by Crippen LogP contribution is -2.50. The van der Waals surface area contributed by atoms with E-state index in [-0.39, 0.29) is 42.5 Å². The molecule has 0 saturated carbocycles. The number of hydrogen-bond donors (Lipinski definition) is 2. The van der Waals surface area contributed by atoms with Crippen molar-refractivity contribution < 1.29 is 14.0 Å². The number of likely N-dealkylation sites (N-methyl/N-ethyl adjacent to an activating group) is 1. The zero-order valence-corrected chi connectivity index (χ0v) is 15.2. The van der Waals surface area contributed by atoms with E-state index in [0.29, 0.717) is 13.1 Å². The summed E-state index contributed by atoms with van der Waals surface area (Å²) in [7, 11) is 0. The summed E-state index contributed by atoms with van der Waals surface area (Å²) >= 11 is 0. The second kappa shape index (κ2) is 11.0. The number of hydrogen-bond acceptors (Lipinski definition) is 3. The molecule has 3 N–H and O–H groups in total. The Morgan fingerprint density at radius 3 is 2.33 bits per heavy atom. The van der Waals surface area contributed by atoms with E-state index in [1.807, 2.05) is 20.8 Å². The Hall–Kier alpha value is -1.66. The monoisotopic (exact) mass is 359 g/mol. The summed E-state index contributed by atoms with van der Waals surface area (Å²) in [5.41, 5.74) is 6.74. The lowest BCUT2D eigenvalue weighted by Gasteiger charge is -2.26. The molecule has 0 aliphatic rings. The molecule has 0 bridgehead atoms. The SMILES string of the molecule is CCC(C)C(N)C(=O)N(CC)CC(=O)NCc1ccc(F)cc1.Cl. The van der Waals surface area contributed by atoms with E-state index in [9.17, 15) is 14.0 Å². The van der Waals surface area contributed by atoms with Crippen LogP contribution in [-0.2, 0) is 16.1 Å². The third-order valence-corrected chi connectivity index (χ3v) is 3.97. The van der Waals surface area contributed by atoms with E-state index in [2.05, 4.69) is 5.32 Å². The summed E-state index contributed by atoms with van der Waals surface area (Å²) in [4.78, 5) is 25.8. The molecule has 7 heteroatoms. The number of carbonyl (C=O) groups excluding carboxylic acids is 2. The van der Waals surface area contributed by atoms with Gasteiger partial charge in [-0.25, -0.2) is 4.39 Å². The highest BCUT2D eigenvalue weighted by Gasteiger charge is 2.25. The maximum atomic E-state index is 12.8. The summed E-state index contributed by atoms with van der Waals surface area (Å²) in [5, 5.41) is 2.72. The molecule has 2 amide bonds. The molecule has 5 nitrogen and oxygen atoms in total. The van der Waals surface area contributed by atoms with Gasteiger partial charge in [-0.2, -0.15) is 0 Å². The number of nitrogens with two attached hydrogens (primary N) is 1. The Kier molecular flexibility index (Phi) is 10.2. The lowest BCUT2D eigenvalue weighted by molar-refractivity contribution is -0.137. The van der Waals surface area contributed by atoms with E-state index in [1.54, 1.807) is 12.1 Å².